The van der Waals surface area contributed by atoms with Crippen LogP contribution in [0.4, 0.5) is 10.1 Å². The summed E-state index contributed by atoms with van der Waals surface area (Å²) >= 11 is 0. The molecular weight excluding hydrogens is 675 g/mol. The highest BCUT2D eigenvalue weighted by atomic mass is 19.1. The van der Waals surface area contributed by atoms with Gasteiger partial charge in [-0.05, 0) is 98.1 Å². The van der Waals surface area contributed by atoms with Gasteiger partial charge in [0.25, 0.3) is 0 Å². The van der Waals surface area contributed by atoms with E-state index in [0.717, 1.165) is 21.9 Å². The number of nitrogens with zero attached hydrogens (tertiary/aromatic N) is 1. The maximum atomic E-state index is 17.7. The number of fused-ring (bicyclic) bond motifs is 6. The molecule has 0 bridgehead atoms. The van der Waals surface area contributed by atoms with Gasteiger partial charge in [-0.15, -0.1) is 0 Å². The van der Waals surface area contributed by atoms with E-state index in [1.54, 1.807) is 48.8 Å². The predicted molar refractivity (Wildman–Crippen MR) is 197 cm³/mol. The van der Waals surface area contributed by atoms with Crippen LogP contribution in [0.25, 0.3) is 10.8 Å². The molecule has 8 rings (SSSR count). The van der Waals surface area contributed by atoms with Crippen molar-refractivity contribution in [3.63, 3.8) is 0 Å². The molecule has 5 aliphatic carbocycles. The molecule has 4 fully saturated rings. The Morgan fingerprint density at radius 3 is 2.64 bits per heavy atom. The van der Waals surface area contributed by atoms with Gasteiger partial charge in [0.05, 0.1) is 17.8 Å². The number of benzene rings is 2. The first-order chi connectivity index (χ1) is 25.3. The summed E-state index contributed by atoms with van der Waals surface area (Å²) in [6, 6.07) is 14.6. The quantitative estimate of drug-likeness (QED) is 0.177. The molecule has 9 nitrogen and oxygen atoms in total. The van der Waals surface area contributed by atoms with Crippen molar-refractivity contribution in [2.24, 2.45) is 34.5 Å². The number of amides is 1. The Morgan fingerprint density at radius 2 is 1.85 bits per heavy atom. The van der Waals surface area contributed by atoms with Gasteiger partial charge in [0.2, 0.25) is 11.7 Å². The molecule has 0 spiro atoms. The number of pyridine rings is 1. The first-order valence-corrected chi connectivity index (χ1v) is 18.7. The highest BCUT2D eigenvalue weighted by Crippen LogP contribution is 2.71. The molecule has 1 aromatic heterocycles. The molecule has 1 amide bonds. The second-order valence-electron chi connectivity index (χ2n) is 16.5. The van der Waals surface area contributed by atoms with Gasteiger partial charge in [-0.3, -0.25) is 14.6 Å². The lowest BCUT2D eigenvalue weighted by Gasteiger charge is -2.63. The third-order valence-corrected chi connectivity index (χ3v) is 13.9. The van der Waals surface area contributed by atoms with Crippen LogP contribution in [-0.4, -0.2) is 70.1 Å². The van der Waals surface area contributed by atoms with Crippen LogP contribution in [-0.2, 0) is 19.1 Å². The van der Waals surface area contributed by atoms with Gasteiger partial charge in [0.1, 0.15) is 5.60 Å². The fraction of sp³-hybridized carbons (Fsp3) is 0.488. The van der Waals surface area contributed by atoms with Crippen LogP contribution in [0.2, 0.25) is 0 Å². The van der Waals surface area contributed by atoms with Crippen LogP contribution in [0, 0.1) is 34.5 Å². The predicted octanol–water partition coefficient (Wildman–Crippen LogP) is 6.50. The van der Waals surface area contributed by atoms with Crippen molar-refractivity contribution in [2.75, 3.05) is 19.0 Å². The van der Waals surface area contributed by atoms with E-state index in [1.807, 2.05) is 51.1 Å². The number of aliphatic hydroxyl groups excluding tert-OH is 2. The molecule has 2 aromatic carbocycles. The van der Waals surface area contributed by atoms with Gasteiger partial charge in [-0.2, -0.15) is 0 Å². The molecule has 3 aromatic rings. The summed E-state index contributed by atoms with van der Waals surface area (Å²) in [5.41, 5.74) is -2.77. The lowest BCUT2D eigenvalue weighted by Crippen LogP contribution is -2.69. The Balaban J connectivity index is 0.950. The van der Waals surface area contributed by atoms with Gasteiger partial charge in [0.15, 0.2) is 12.3 Å². The second kappa shape index (κ2) is 12.7. The van der Waals surface area contributed by atoms with Crippen molar-refractivity contribution in [3.8, 4) is 0 Å². The van der Waals surface area contributed by atoms with Crippen LogP contribution in [0.1, 0.15) is 74.7 Å². The number of halogens is 1. The van der Waals surface area contributed by atoms with Gasteiger partial charge in [-0.1, -0.05) is 55.8 Å². The molecular formula is C43H47FN2O7. The van der Waals surface area contributed by atoms with Crippen molar-refractivity contribution < 1.29 is 38.5 Å². The van der Waals surface area contributed by atoms with Crippen molar-refractivity contribution in [3.05, 3.63) is 95.9 Å². The first kappa shape index (κ1) is 35.8. The smallest absolute Gasteiger partial charge is 0.338 e. The summed E-state index contributed by atoms with van der Waals surface area (Å²) in [5.74, 6) is -2.60. The van der Waals surface area contributed by atoms with Gasteiger partial charge >= 0.3 is 5.97 Å². The third kappa shape index (κ3) is 5.27. The second-order valence-corrected chi connectivity index (χ2v) is 16.5. The number of allylic oxidation sites excluding steroid dienone is 2. The van der Waals surface area contributed by atoms with Crippen LogP contribution in [0.15, 0.2) is 84.7 Å². The van der Waals surface area contributed by atoms with Crippen LogP contribution in [0.5, 0.6) is 0 Å². The molecule has 11 atom stereocenters. The largest absolute Gasteiger partial charge is 0.454 e. The Hall–Kier alpha value is -4.25. The number of carbonyl (C=O) groups excluding carboxylic acids is 3. The Bertz CT molecular complexity index is 2070. The maximum Gasteiger partial charge on any atom is 0.338 e. The standard InChI is InChI=1S/C43H47FN2O7/c1-24-16-35-34-11-9-29-19-31(47)12-14-40(29,2)42(34,44)36(48)21-41(35,3)43(24,52-4)37(49)23-53-39(51)27-7-5-6-26(17-27)32-20-33(32)38(50)46-30-10-8-28-22-45-15-13-25(28)18-30/h5-8,10,12-15,17-19,22,24,31-36,47-48H,9,11,16,20-21,23H2,1-4H3,(H,46,50)/t24-,31?,32+,33-,34+,35+,36+,40+,41+,42+,43+/m1/s1. The van der Waals surface area contributed by atoms with Gasteiger partial charge in [-0.25, -0.2) is 9.18 Å². The fourth-order valence-electron chi connectivity index (χ4n) is 11.3. The average molecular weight is 723 g/mol. The third-order valence-electron chi connectivity index (χ3n) is 13.9. The van der Waals surface area contributed by atoms with E-state index in [9.17, 15) is 24.6 Å². The average Bonchev–Trinajstić information content (AvgIpc) is 3.92. The monoisotopic (exact) mass is 722 g/mol. The summed E-state index contributed by atoms with van der Waals surface area (Å²) in [4.78, 5) is 45.0. The summed E-state index contributed by atoms with van der Waals surface area (Å²) in [7, 11) is 1.48. The molecule has 3 N–H and O–H groups in total. The van der Waals surface area contributed by atoms with Crippen molar-refractivity contribution in [2.45, 2.75) is 82.3 Å². The van der Waals surface area contributed by atoms with E-state index >= 15 is 4.39 Å². The number of alkyl halides is 1. The molecule has 1 heterocycles. The van der Waals surface area contributed by atoms with Crippen molar-refractivity contribution in [1.29, 1.82) is 0 Å². The zero-order valence-electron chi connectivity index (χ0n) is 30.6. The Kier molecular flexibility index (Phi) is 8.55. The van der Waals surface area contributed by atoms with E-state index in [-0.39, 0.29) is 41.6 Å². The highest BCUT2D eigenvalue weighted by molar-refractivity contribution is 5.98. The normalized spacial score (nSPS) is 38.2. The molecule has 5 aliphatic rings. The zero-order valence-corrected chi connectivity index (χ0v) is 30.6. The first-order valence-electron chi connectivity index (χ1n) is 18.7. The minimum Gasteiger partial charge on any atom is -0.454 e. The number of hydrogen-bond donors (Lipinski definition) is 3. The van der Waals surface area contributed by atoms with Crippen LogP contribution < -0.4 is 5.32 Å². The number of aromatic nitrogens is 1. The summed E-state index contributed by atoms with van der Waals surface area (Å²) in [6.07, 6.45) is 8.55. The Labute approximate surface area is 308 Å². The number of carbonyl (C=O) groups is 3. The van der Waals surface area contributed by atoms with Gasteiger partial charge < -0.3 is 25.0 Å². The fourth-order valence-corrected chi connectivity index (χ4v) is 11.3. The van der Waals surface area contributed by atoms with E-state index in [1.165, 1.54) is 7.11 Å². The number of anilines is 1. The number of ketones is 1. The number of methoxy groups -OCH3 is 1. The summed E-state index contributed by atoms with van der Waals surface area (Å²) in [5, 5.41) is 27.0. The molecule has 53 heavy (non-hydrogen) atoms. The number of hydrogen-bond acceptors (Lipinski definition) is 8. The lowest BCUT2D eigenvalue weighted by molar-refractivity contribution is -0.224. The minimum absolute atomic E-state index is 0.00167. The van der Waals surface area contributed by atoms with E-state index in [2.05, 4.69) is 10.3 Å². The number of rotatable bonds is 8. The lowest BCUT2D eigenvalue weighted by atomic mass is 9.44. The van der Waals surface area contributed by atoms with Crippen LogP contribution in [0.3, 0.4) is 0 Å². The number of nitrogens with one attached hydrogen (secondary N) is 1. The molecule has 278 valence electrons. The molecule has 0 saturated heterocycles. The number of Topliss-reactive ketones (excluding diaryl/α,β-unsaturated/α-hetero) is 1. The molecule has 0 aliphatic heterocycles. The number of ether oxygens (including phenoxy) is 2. The molecule has 0 radical (unpaired) electrons. The van der Waals surface area contributed by atoms with E-state index in [0.29, 0.717) is 31.4 Å². The minimum atomic E-state index is -1.99. The molecule has 1 unspecified atom stereocenters. The molecule has 10 heteroatoms. The number of esters is 1. The zero-order chi connectivity index (χ0) is 37.5. The van der Waals surface area contributed by atoms with E-state index in [4.69, 9.17) is 9.47 Å². The van der Waals surface area contributed by atoms with Gasteiger partial charge in [0, 0.05) is 53.2 Å². The Morgan fingerprint density at radius 1 is 1.04 bits per heavy atom. The number of aliphatic hydroxyl groups is 2. The topological polar surface area (TPSA) is 135 Å². The van der Waals surface area contributed by atoms with E-state index < -0.39 is 58.6 Å². The molecule has 4 saturated carbocycles. The van der Waals surface area contributed by atoms with Crippen LogP contribution >= 0.6 is 0 Å². The van der Waals surface area contributed by atoms with Crippen molar-refractivity contribution >= 4 is 34.1 Å². The summed E-state index contributed by atoms with van der Waals surface area (Å²) < 4.78 is 29.5. The van der Waals surface area contributed by atoms with Crippen molar-refractivity contribution in [1.82, 2.24) is 4.98 Å². The summed E-state index contributed by atoms with van der Waals surface area (Å²) in [6.45, 7) is 5.12. The maximum absolute atomic E-state index is 17.7. The highest BCUT2D eigenvalue weighted by Gasteiger charge is 2.76. The SMILES string of the molecule is CO[C@]1(C(=O)COC(=O)c2cccc([C@@H]3C[C@H]3C(=O)Nc3ccc4cnccc4c3)c2)[C@H](C)C[C@H]2[C@@H]3CCC4=CC(O)C=C[C@]4(C)[C@@]3(F)[C@@H](O)C[C@@]21C.